The van der Waals surface area contributed by atoms with Crippen molar-refractivity contribution in [1.29, 1.82) is 0 Å². The Bertz CT molecular complexity index is 831. The highest BCUT2D eigenvalue weighted by atomic mass is 35.5. The van der Waals surface area contributed by atoms with Crippen LogP contribution in [0.15, 0.2) is 36.7 Å². The SMILES string of the molecule is O=C(CCc1cccnc1Cl)Nc1ccc2[nH]ncc2c1Cl. The standard InChI is InChI=1S/C15H12Cl2N4O/c16-14-10-8-19-21-11(10)4-5-12(14)20-13(22)6-3-9-2-1-7-18-15(9)17/h1-2,4-5,7-8H,3,6H2,(H,19,21)(H,20,22). The Balaban J connectivity index is 1.68. The van der Waals surface area contributed by atoms with E-state index in [-0.39, 0.29) is 5.91 Å². The summed E-state index contributed by atoms with van der Waals surface area (Å²) < 4.78 is 0. The number of carbonyl (C=O) groups is 1. The number of aryl methyl sites for hydroxylation is 1. The van der Waals surface area contributed by atoms with Gasteiger partial charge < -0.3 is 5.32 Å². The molecule has 1 amide bonds. The van der Waals surface area contributed by atoms with E-state index < -0.39 is 0 Å². The molecule has 0 aliphatic rings. The number of pyridine rings is 1. The van der Waals surface area contributed by atoms with Gasteiger partial charge >= 0.3 is 0 Å². The number of rotatable bonds is 4. The average Bonchev–Trinajstić information content (AvgIpc) is 2.99. The minimum Gasteiger partial charge on any atom is -0.325 e. The van der Waals surface area contributed by atoms with Crippen LogP contribution < -0.4 is 5.32 Å². The number of anilines is 1. The number of nitrogens with zero attached hydrogens (tertiary/aromatic N) is 2. The van der Waals surface area contributed by atoms with Crippen LogP contribution in [0.1, 0.15) is 12.0 Å². The van der Waals surface area contributed by atoms with Gasteiger partial charge in [0, 0.05) is 18.0 Å². The van der Waals surface area contributed by atoms with E-state index in [2.05, 4.69) is 20.5 Å². The molecule has 0 atom stereocenters. The van der Waals surface area contributed by atoms with Crippen LogP contribution in [0.2, 0.25) is 10.2 Å². The summed E-state index contributed by atoms with van der Waals surface area (Å²) in [5, 5.41) is 11.2. The van der Waals surface area contributed by atoms with Crippen molar-refractivity contribution in [2.75, 3.05) is 5.32 Å². The normalized spacial score (nSPS) is 10.8. The highest BCUT2D eigenvalue weighted by Crippen LogP contribution is 2.30. The number of hydrogen-bond donors (Lipinski definition) is 2. The lowest BCUT2D eigenvalue weighted by atomic mass is 10.1. The van der Waals surface area contributed by atoms with E-state index >= 15 is 0 Å². The van der Waals surface area contributed by atoms with Crippen LogP contribution in [0, 0.1) is 0 Å². The molecule has 112 valence electrons. The molecule has 0 saturated carbocycles. The van der Waals surface area contributed by atoms with E-state index in [1.54, 1.807) is 24.5 Å². The van der Waals surface area contributed by atoms with Crippen molar-refractivity contribution in [3.05, 3.63) is 52.4 Å². The summed E-state index contributed by atoms with van der Waals surface area (Å²) in [5.74, 6) is -0.135. The minimum absolute atomic E-state index is 0.135. The van der Waals surface area contributed by atoms with Crippen LogP contribution in [-0.2, 0) is 11.2 Å². The Kier molecular flexibility index (Phi) is 4.27. The van der Waals surface area contributed by atoms with Crippen molar-refractivity contribution in [2.24, 2.45) is 0 Å². The average molecular weight is 335 g/mol. The van der Waals surface area contributed by atoms with Crippen molar-refractivity contribution in [2.45, 2.75) is 12.8 Å². The number of halogens is 2. The van der Waals surface area contributed by atoms with Crippen LogP contribution in [0.5, 0.6) is 0 Å². The lowest BCUT2D eigenvalue weighted by molar-refractivity contribution is -0.116. The monoisotopic (exact) mass is 334 g/mol. The van der Waals surface area contributed by atoms with Crippen LogP contribution >= 0.6 is 23.2 Å². The second-order valence-corrected chi connectivity index (χ2v) is 5.50. The molecule has 0 fully saturated rings. The first kappa shape index (κ1) is 14.8. The molecule has 2 N–H and O–H groups in total. The second-order valence-electron chi connectivity index (χ2n) is 4.76. The van der Waals surface area contributed by atoms with Gasteiger partial charge in [0.1, 0.15) is 5.15 Å². The zero-order valence-corrected chi connectivity index (χ0v) is 12.9. The zero-order valence-electron chi connectivity index (χ0n) is 11.4. The predicted octanol–water partition coefficient (Wildman–Crippen LogP) is 3.84. The number of carbonyl (C=O) groups excluding carboxylic acids is 1. The molecule has 0 radical (unpaired) electrons. The van der Waals surface area contributed by atoms with Crippen molar-refractivity contribution in [3.63, 3.8) is 0 Å². The fraction of sp³-hybridized carbons (Fsp3) is 0.133. The molecule has 0 spiro atoms. The van der Waals surface area contributed by atoms with Gasteiger partial charge in [-0.3, -0.25) is 9.89 Å². The van der Waals surface area contributed by atoms with Crippen LogP contribution in [0.3, 0.4) is 0 Å². The van der Waals surface area contributed by atoms with Gasteiger partial charge in [-0.2, -0.15) is 5.10 Å². The van der Waals surface area contributed by atoms with Gasteiger partial charge in [0.15, 0.2) is 0 Å². The third kappa shape index (κ3) is 3.05. The molecule has 0 bridgehead atoms. The predicted molar refractivity (Wildman–Crippen MR) is 87.3 cm³/mol. The number of H-pyrrole nitrogens is 1. The quantitative estimate of drug-likeness (QED) is 0.712. The van der Waals surface area contributed by atoms with Crippen LogP contribution in [0.4, 0.5) is 5.69 Å². The largest absolute Gasteiger partial charge is 0.325 e. The van der Waals surface area contributed by atoms with E-state index in [4.69, 9.17) is 23.2 Å². The Hall–Kier alpha value is -2.11. The number of aromatic nitrogens is 3. The summed E-state index contributed by atoms with van der Waals surface area (Å²) in [4.78, 5) is 16.1. The molecular weight excluding hydrogens is 323 g/mol. The van der Waals surface area contributed by atoms with Gasteiger partial charge in [-0.05, 0) is 30.2 Å². The zero-order chi connectivity index (χ0) is 15.5. The molecule has 22 heavy (non-hydrogen) atoms. The van der Waals surface area contributed by atoms with Crippen LogP contribution in [0.25, 0.3) is 10.9 Å². The highest BCUT2D eigenvalue weighted by molar-refractivity contribution is 6.38. The third-order valence-corrected chi connectivity index (χ3v) is 4.04. The number of hydrogen-bond acceptors (Lipinski definition) is 3. The van der Waals surface area contributed by atoms with E-state index in [1.807, 2.05) is 12.1 Å². The molecule has 3 rings (SSSR count). The van der Waals surface area contributed by atoms with Crippen molar-refractivity contribution >= 4 is 45.7 Å². The summed E-state index contributed by atoms with van der Waals surface area (Å²) >= 11 is 12.2. The second kappa shape index (κ2) is 6.34. The molecule has 0 aliphatic heterocycles. The summed E-state index contributed by atoms with van der Waals surface area (Å²) in [7, 11) is 0. The van der Waals surface area contributed by atoms with E-state index in [0.29, 0.717) is 28.7 Å². The Morgan fingerprint density at radius 2 is 2.14 bits per heavy atom. The fourth-order valence-electron chi connectivity index (χ4n) is 2.15. The van der Waals surface area contributed by atoms with Gasteiger partial charge in [0.2, 0.25) is 5.91 Å². The maximum Gasteiger partial charge on any atom is 0.224 e. The Morgan fingerprint density at radius 3 is 2.95 bits per heavy atom. The van der Waals surface area contributed by atoms with Crippen molar-refractivity contribution < 1.29 is 4.79 Å². The molecule has 1 aromatic carbocycles. The van der Waals surface area contributed by atoms with Gasteiger partial charge in [0.05, 0.1) is 22.4 Å². The maximum atomic E-state index is 12.1. The summed E-state index contributed by atoms with van der Waals surface area (Å²) in [6.45, 7) is 0. The maximum absolute atomic E-state index is 12.1. The lowest BCUT2D eigenvalue weighted by Gasteiger charge is -2.08. The third-order valence-electron chi connectivity index (χ3n) is 3.29. The van der Waals surface area contributed by atoms with Gasteiger partial charge in [-0.1, -0.05) is 29.3 Å². The molecule has 7 heteroatoms. The molecular formula is C15H12Cl2N4O. The summed E-state index contributed by atoms with van der Waals surface area (Å²) in [5.41, 5.74) is 2.23. The van der Waals surface area contributed by atoms with Gasteiger partial charge in [0.25, 0.3) is 0 Å². The minimum atomic E-state index is -0.135. The number of fused-ring (bicyclic) bond motifs is 1. The molecule has 3 aromatic rings. The molecule has 0 aliphatic carbocycles. The summed E-state index contributed by atoms with van der Waals surface area (Å²) in [6.07, 6.45) is 4.06. The molecule has 2 aromatic heterocycles. The number of amides is 1. The topological polar surface area (TPSA) is 70.7 Å². The number of benzene rings is 1. The number of nitrogens with one attached hydrogen (secondary N) is 2. The van der Waals surface area contributed by atoms with Gasteiger partial charge in [-0.15, -0.1) is 0 Å². The van der Waals surface area contributed by atoms with E-state index in [1.165, 1.54) is 0 Å². The smallest absolute Gasteiger partial charge is 0.224 e. The first-order valence-electron chi connectivity index (χ1n) is 6.66. The van der Waals surface area contributed by atoms with Crippen molar-refractivity contribution in [3.8, 4) is 0 Å². The van der Waals surface area contributed by atoms with Crippen molar-refractivity contribution in [1.82, 2.24) is 15.2 Å². The first-order chi connectivity index (χ1) is 10.6. The Labute approximate surface area is 136 Å². The molecule has 2 heterocycles. The number of aromatic amines is 1. The molecule has 0 unspecified atom stereocenters. The Morgan fingerprint density at radius 1 is 1.27 bits per heavy atom. The summed E-state index contributed by atoms with van der Waals surface area (Å²) in [6, 6.07) is 7.22. The van der Waals surface area contributed by atoms with Crippen LogP contribution in [-0.4, -0.2) is 21.1 Å². The van der Waals surface area contributed by atoms with Gasteiger partial charge in [-0.25, -0.2) is 4.98 Å². The first-order valence-corrected chi connectivity index (χ1v) is 7.41. The fourth-order valence-corrected chi connectivity index (χ4v) is 2.62. The molecule has 0 saturated heterocycles. The highest BCUT2D eigenvalue weighted by Gasteiger charge is 2.11. The molecule has 5 nitrogen and oxygen atoms in total. The van der Waals surface area contributed by atoms with E-state index in [9.17, 15) is 4.79 Å². The van der Waals surface area contributed by atoms with E-state index in [0.717, 1.165) is 16.5 Å². The lowest BCUT2D eigenvalue weighted by Crippen LogP contribution is -2.12.